The molecule has 1 aromatic rings. The Balaban J connectivity index is 1.87. The van der Waals surface area contributed by atoms with Gasteiger partial charge in [0.25, 0.3) is 0 Å². The molecule has 0 amide bonds. The Morgan fingerprint density at radius 1 is 1.35 bits per heavy atom. The van der Waals surface area contributed by atoms with Crippen molar-refractivity contribution in [2.45, 2.75) is 50.5 Å². The SMILES string of the molecule is CC(CN)c1ccc2c(c1)CC1(CCCC1)O2. The Bertz CT molecular complexity index is 421. The number of ether oxygens (including phenoxy) is 1. The average molecular weight is 231 g/mol. The van der Waals surface area contributed by atoms with E-state index in [1.54, 1.807) is 0 Å². The zero-order chi connectivity index (χ0) is 11.9. The van der Waals surface area contributed by atoms with Crippen LogP contribution in [0.5, 0.6) is 5.75 Å². The van der Waals surface area contributed by atoms with Gasteiger partial charge in [-0.3, -0.25) is 0 Å². The van der Waals surface area contributed by atoms with Gasteiger partial charge in [-0.2, -0.15) is 0 Å². The van der Waals surface area contributed by atoms with Crippen LogP contribution in [0.3, 0.4) is 0 Å². The molecule has 1 aliphatic heterocycles. The van der Waals surface area contributed by atoms with Crippen molar-refractivity contribution in [3.8, 4) is 5.75 Å². The van der Waals surface area contributed by atoms with Gasteiger partial charge in [0, 0.05) is 6.42 Å². The van der Waals surface area contributed by atoms with E-state index in [0.29, 0.717) is 12.5 Å². The van der Waals surface area contributed by atoms with Gasteiger partial charge in [-0.1, -0.05) is 19.1 Å². The molecule has 0 aromatic heterocycles. The highest BCUT2D eigenvalue weighted by Gasteiger charge is 2.41. The summed E-state index contributed by atoms with van der Waals surface area (Å²) in [5.41, 5.74) is 8.62. The smallest absolute Gasteiger partial charge is 0.123 e. The molecule has 1 spiro atoms. The number of hydrogen-bond donors (Lipinski definition) is 1. The second-order valence-corrected chi connectivity index (χ2v) is 5.67. The Hall–Kier alpha value is -1.02. The summed E-state index contributed by atoms with van der Waals surface area (Å²) in [6.07, 6.45) is 6.19. The third kappa shape index (κ3) is 1.85. The van der Waals surface area contributed by atoms with E-state index < -0.39 is 0 Å². The molecule has 92 valence electrons. The molecule has 1 unspecified atom stereocenters. The lowest BCUT2D eigenvalue weighted by molar-refractivity contribution is 0.103. The summed E-state index contributed by atoms with van der Waals surface area (Å²) >= 11 is 0. The third-order valence-corrected chi connectivity index (χ3v) is 4.36. The summed E-state index contributed by atoms with van der Waals surface area (Å²) in [7, 11) is 0. The number of hydrogen-bond acceptors (Lipinski definition) is 2. The van der Waals surface area contributed by atoms with E-state index in [1.807, 2.05) is 0 Å². The predicted octanol–water partition coefficient (Wildman–Crippen LogP) is 3.00. The molecule has 1 heterocycles. The minimum Gasteiger partial charge on any atom is -0.487 e. The van der Waals surface area contributed by atoms with E-state index in [0.717, 1.165) is 12.2 Å². The van der Waals surface area contributed by atoms with Crippen LogP contribution in [0, 0.1) is 0 Å². The van der Waals surface area contributed by atoms with Crippen LogP contribution in [0.1, 0.15) is 49.7 Å². The van der Waals surface area contributed by atoms with Crippen molar-refractivity contribution in [2.75, 3.05) is 6.54 Å². The minimum atomic E-state index is 0.146. The Labute approximate surface area is 103 Å². The summed E-state index contributed by atoms with van der Waals surface area (Å²) in [6.45, 7) is 2.90. The maximum Gasteiger partial charge on any atom is 0.123 e. The topological polar surface area (TPSA) is 35.2 Å². The van der Waals surface area contributed by atoms with Gasteiger partial charge in [-0.15, -0.1) is 0 Å². The van der Waals surface area contributed by atoms with E-state index in [-0.39, 0.29) is 5.60 Å². The summed E-state index contributed by atoms with van der Waals surface area (Å²) in [5.74, 6) is 1.56. The molecule has 0 saturated heterocycles. The van der Waals surface area contributed by atoms with E-state index in [2.05, 4.69) is 25.1 Å². The Kier molecular flexibility index (Phi) is 2.62. The summed E-state index contributed by atoms with van der Waals surface area (Å²) < 4.78 is 6.19. The molecule has 0 radical (unpaired) electrons. The lowest BCUT2D eigenvalue weighted by atomic mass is 9.93. The third-order valence-electron chi connectivity index (χ3n) is 4.36. The molecule has 2 aliphatic rings. The first-order chi connectivity index (χ1) is 8.22. The van der Waals surface area contributed by atoms with Gasteiger partial charge in [-0.25, -0.2) is 0 Å². The van der Waals surface area contributed by atoms with Gasteiger partial charge >= 0.3 is 0 Å². The normalized spacial score (nSPS) is 22.5. The van der Waals surface area contributed by atoms with Gasteiger partial charge in [0.1, 0.15) is 11.4 Å². The molecule has 1 aromatic carbocycles. The first kappa shape index (κ1) is 11.1. The predicted molar refractivity (Wildman–Crippen MR) is 69.4 cm³/mol. The maximum atomic E-state index is 6.19. The summed E-state index contributed by atoms with van der Waals surface area (Å²) in [4.78, 5) is 0. The molecule has 3 rings (SSSR count). The van der Waals surface area contributed by atoms with E-state index in [9.17, 15) is 0 Å². The van der Waals surface area contributed by atoms with Crippen LogP contribution < -0.4 is 10.5 Å². The molecular formula is C15H21NO. The molecule has 0 bridgehead atoms. The molecule has 2 nitrogen and oxygen atoms in total. The lowest BCUT2D eigenvalue weighted by Crippen LogP contribution is -2.29. The first-order valence-electron chi connectivity index (χ1n) is 6.74. The fraction of sp³-hybridized carbons (Fsp3) is 0.600. The van der Waals surface area contributed by atoms with Crippen LogP contribution in [-0.2, 0) is 6.42 Å². The minimum absolute atomic E-state index is 0.146. The van der Waals surface area contributed by atoms with Crippen molar-refractivity contribution in [2.24, 2.45) is 5.73 Å². The van der Waals surface area contributed by atoms with Crippen molar-refractivity contribution in [3.63, 3.8) is 0 Å². The molecule has 1 aliphatic carbocycles. The molecule has 1 saturated carbocycles. The monoisotopic (exact) mass is 231 g/mol. The molecular weight excluding hydrogens is 210 g/mol. The van der Waals surface area contributed by atoms with Crippen molar-refractivity contribution in [1.82, 2.24) is 0 Å². The second-order valence-electron chi connectivity index (χ2n) is 5.67. The zero-order valence-corrected chi connectivity index (χ0v) is 10.5. The molecule has 2 N–H and O–H groups in total. The zero-order valence-electron chi connectivity index (χ0n) is 10.5. The molecule has 17 heavy (non-hydrogen) atoms. The lowest BCUT2D eigenvalue weighted by Gasteiger charge is -2.22. The number of fused-ring (bicyclic) bond motifs is 1. The molecule has 1 atom stereocenters. The highest BCUT2D eigenvalue weighted by atomic mass is 16.5. The van der Waals surface area contributed by atoms with E-state index >= 15 is 0 Å². The van der Waals surface area contributed by atoms with E-state index in [4.69, 9.17) is 10.5 Å². The van der Waals surface area contributed by atoms with Crippen LogP contribution in [0.15, 0.2) is 18.2 Å². The van der Waals surface area contributed by atoms with Crippen LogP contribution >= 0.6 is 0 Å². The number of nitrogens with two attached hydrogens (primary N) is 1. The maximum absolute atomic E-state index is 6.19. The van der Waals surface area contributed by atoms with Crippen molar-refractivity contribution < 1.29 is 4.74 Å². The summed E-state index contributed by atoms with van der Waals surface area (Å²) in [5, 5.41) is 0. The van der Waals surface area contributed by atoms with Crippen LogP contribution in [0.25, 0.3) is 0 Å². The Morgan fingerprint density at radius 2 is 2.12 bits per heavy atom. The highest BCUT2D eigenvalue weighted by Crippen LogP contribution is 2.45. The largest absolute Gasteiger partial charge is 0.487 e. The quantitative estimate of drug-likeness (QED) is 0.849. The highest BCUT2D eigenvalue weighted by molar-refractivity contribution is 5.43. The number of rotatable bonds is 2. The second kappa shape index (κ2) is 4.02. The van der Waals surface area contributed by atoms with Gasteiger partial charge < -0.3 is 10.5 Å². The van der Waals surface area contributed by atoms with Crippen LogP contribution in [0.2, 0.25) is 0 Å². The first-order valence-corrected chi connectivity index (χ1v) is 6.74. The summed E-state index contributed by atoms with van der Waals surface area (Å²) in [6, 6.07) is 6.62. The molecule has 2 heteroatoms. The average Bonchev–Trinajstić information content (AvgIpc) is 2.94. The fourth-order valence-corrected chi connectivity index (χ4v) is 3.19. The fourth-order valence-electron chi connectivity index (χ4n) is 3.19. The van der Waals surface area contributed by atoms with Crippen molar-refractivity contribution in [1.29, 1.82) is 0 Å². The van der Waals surface area contributed by atoms with Gasteiger partial charge in [0.15, 0.2) is 0 Å². The van der Waals surface area contributed by atoms with Crippen LogP contribution in [-0.4, -0.2) is 12.1 Å². The Morgan fingerprint density at radius 3 is 2.82 bits per heavy atom. The number of benzene rings is 1. The van der Waals surface area contributed by atoms with Crippen molar-refractivity contribution in [3.05, 3.63) is 29.3 Å². The van der Waals surface area contributed by atoms with Gasteiger partial charge in [-0.05, 0) is 55.3 Å². The van der Waals surface area contributed by atoms with E-state index in [1.165, 1.54) is 36.8 Å². The standard InChI is InChI=1S/C15H21NO/c1-11(10-16)12-4-5-14-13(8-12)9-15(17-14)6-2-3-7-15/h4-5,8,11H,2-3,6-7,9-10,16H2,1H3. The van der Waals surface area contributed by atoms with Gasteiger partial charge in [0.05, 0.1) is 0 Å². The van der Waals surface area contributed by atoms with Crippen molar-refractivity contribution >= 4 is 0 Å². The molecule has 1 fully saturated rings. The van der Waals surface area contributed by atoms with Crippen LogP contribution in [0.4, 0.5) is 0 Å². The van der Waals surface area contributed by atoms with Gasteiger partial charge in [0.2, 0.25) is 0 Å².